The molecule has 3 aromatic rings. The second-order valence-electron chi connectivity index (χ2n) is 8.73. The Labute approximate surface area is 182 Å². The fraction of sp³-hybridized carbons (Fsp3) is 0.478. The third-order valence-corrected chi connectivity index (χ3v) is 6.02. The van der Waals surface area contributed by atoms with Gasteiger partial charge in [-0.15, -0.1) is 0 Å². The van der Waals surface area contributed by atoms with Crippen LogP contribution in [0.2, 0.25) is 0 Å². The van der Waals surface area contributed by atoms with Crippen molar-refractivity contribution in [1.82, 2.24) is 24.7 Å². The molecule has 0 saturated carbocycles. The first-order chi connectivity index (χ1) is 15.0. The summed E-state index contributed by atoms with van der Waals surface area (Å²) in [7, 11) is 0. The Bertz CT molecular complexity index is 1110. The zero-order valence-electron chi connectivity index (χ0n) is 18.6. The van der Waals surface area contributed by atoms with E-state index in [1.807, 2.05) is 18.6 Å². The van der Waals surface area contributed by atoms with Crippen molar-refractivity contribution in [2.24, 2.45) is 0 Å². The van der Waals surface area contributed by atoms with Crippen LogP contribution in [0.1, 0.15) is 43.5 Å². The number of hydrogen-bond donors (Lipinski definition) is 1. The van der Waals surface area contributed by atoms with Gasteiger partial charge in [0.25, 0.3) is 0 Å². The maximum absolute atomic E-state index is 5.66. The Morgan fingerprint density at radius 3 is 2.74 bits per heavy atom. The van der Waals surface area contributed by atoms with Crippen LogP contribution in [-0.4, -0.2) is 50.5 Å². The van der Waals surface area contributed by atoms with Gasteiger partial charge in [-0.05, 0) is 57.7 Å². The van der Waals surface area contributed by atoms with E-state index in [2.05, 4.69) is 63.7 Å². The van der Waals surface area contributed by atoms with Gasteiger partial charge in [0.15, 0.2) is 0 Å². The van der Waals surface area contributed by atoms with E-state index in [1.165, 1.54) is 16.7 Å². The van der Waals surface area contributed by atoms with Crippen molar-refractivity contribution in [3.8, 4) is 11.4 Å². The molecule has 5 rings (SSSR count). The third kappa shape index (κ3) is 3.76. The maximum atomic E-state index is 5.66. The van der Waals surface area contributed by atoms with Gasteiger partial charge in [0.1, 0.15) is 5.82 Å². The first-order valence-corrected chi connectivity index (χ1v) is 11.0. The van der Waals surface area contributed by atoms with Crippen molar-refractivity contribution < 1.29 is 4.74 Å². The second-order valence-corrected chi connectivity index (χ2v) is 8.73. The number of anilines is 3. The van der Waals surface area contributed by atoms with E-state index in [9.17, 15) is 0 Å². The smallest absolute Gasteiger partial charge is 0.228 e. The highest BCUT2D eigenvalue weighted by Gasteiger charge is 2.24. The molecule has 31 heavy (non-hydrogen) atoms. The lowest BCUT2D eigenvalue weighted by Gasteiger charge is -2.33. The lowest BCUT2D eigenvalue weighted by atomic mass is 9.95. The van der Waals surface area contributed by atoms with Crippen molar-refractivity contribution >= 4 is 17.5 Å². The predicted molar refractivity (Wildman–Crippen MR) is 121 cm³/mol. The van der Waals surface area contributed by atoms with Crippen LogP contribution in [0.15, 0.2) is 24.7 Å². The van der Waals surface area contributed by atoms with E-state index in [4.69, 9.17) is 9.72 Å². The van der Waals surface area contributed by atoms with Crippen molar-refractivity contribution in [2.75, 3.05) is 29.9 Å². The van der Waals surface area contributed by atoms with Crippen LogP contribution in [-0.2, 0) is 17.6 Å². The quantitative estimate of drug-likeness (QED) is 0.691. The molecule has 2 aliphatic rings. The lowest BCUT2D eigenvalue weighted by molar-refractivity contribution is 0.0532. The summed E-state index contributed by atoms with van der Waals surface area (Å²) in [6.07, 6.45) is 7.99. The molecule has 162 valence electrons. The lowest BCUT2D eigenvalue weighted by Crippen LogP contribution is -2.41. The van der Waals surface area contributed by atoms with Crippen molar-refractivity contribution in [3.63, 3.8) is 0 Å². The number of ether oxygens (including phenoxy) is 1. The van der Waals surface area contributed by atoms with Crippen LogP contribution >= 0.6 is 0 Å². The number of fused-ring (bicyclic) bond motifs is 3. The average molecular weight is 420 g/mol. The summed E-state index contributed by atoms with van der Waals surface area (Å²) in [6, 6.07) is 2.34. The molecule has 1 N–H and O–H groups in total. The molecule has 0 amide bonds. The topological polar surface area (TPSA) is 81.0 Å². The Kier molecular flexibility index (Phi) is 5.09. The standard InChI is InChI=1S/C23H29N7O/c1-14(2)30-22-18(11-26-30)6-5-17-10-25-23(28-21(17)22)27-20-9-15(3)19(12-24-20)29-7-8-31-16(4)13-29/h9-12,14,16H,5-8,13H2,1-4H3,(H,24,25,27,28). The van der Waals surface area contributed by atoms with Gasteiger partial charge in [-0.1, -0.05) is 0 Å². The molecule has 3 aromatic heterocycles. The number of nitrogens with one attached hydrogen (secondary N) is 1. The molecule has 0 radical (unpaired) electrons. The van der Waals surface area contributed by atoms with Gasteiger partial charge < -0.3 is 15.0 Å². The third-order valence-electron chi connectivity index (χ3n) is 6.02. The normalized spacial score (nSPS) is 18.1. The molecule has 0 aromatic carbocycles. The van der Waals surface area contributed by atoms with Gasteiger partial charge in [0.05, 0.1) is 42.2 Å². The molecular weight excluding hydrogens is 390 g/mol. The SMILES string of the molecule is Cc1cc(Nc2ncc3c(n2)-c2c(cnn2C(C)C)CC3)ncc1N1CCOC(C)C1. The van der Waals surface area contributed by atoms with Gasteiger partial charge in [0, 0.05) is 30.9 Å². The molecule has 4 heterocycles. The monoisotopic (exact) mass is 419 g/mol. The fourth-order valence-electron chi connectivity index (χ4n) is 4.46. The number of nitrogens with zero attached hydrogens (tertiary/aromatic N) is 6. The number of aromatic nitrogens is 5. The number of rotatable bonds is 4. The summed E-state index contributed by atoms with van der Waals surface area (Å²) in [5, 5.41) is 7.89. The Morgan fingerprint density at radius 2 is 1.97 bits per heavy atom. The highest BCUT2D eigenvalue weighted by atomic mass is 16.5. The van der Waals surface area contributed by atoms with Crippen LogP contribution in [0.4, 0.5) is 17.5 Å². The molecular formula is C23H29N7O. The van der Waals surface area contributed by atoms with Gasteiger partial charge in [0.2, 0.25) is 5.95 Å². The number of hydrogen-bond acceptors (Lipinski definition) is 7. The molecule has 1 atom stereocenters. The molecule has 8 nitrogen and oxygen atoms in total. The van der Waals surface area contributed by atoms with Crippen LogP contribution in [0.25, 0.3) is 11.4 Å². The first kappa shape index (κ1) is 19.9. The molecule has 1 saturated heterocycles. The summed E-state index contributed by atoms with van der Waals surface area (Å²) < 4.78 is 7.72. The number of aryl methyl sites for hydroxylation is 3. The summed E-state index contributed by atoms with van der Waals surface area (Å²) >= 11 is 0. The molecule has 1 aliphatic heterocycles. The fourth-order valence-corrected chi connectivity index (χ4v) is 4.46. The summed E-state index contributed by atoms with van der Waals surface area (Å²) in [5.74, 6) is 1.30. The maximum Gasteiger partial charge on any atom is 0.228 e. The summed E-state index contributed by atoms with van der Waals surface area (Å²) in [5.41, 5.74) is 6.83. The van der Waals surface area contributed by atoms with E-state index < -0.39 is 0 Å². The molecule has 0 spiro atoms. The van der Waals surface area contributed by atoms with Gasteiger partial charge in [-0.2, -0.15) is 5.10 Å². The number of pyridine rings is 1. The van der Waals surface area contributed by atoms with E-state index in [1.54, 1.807) is 0 Å². The minimum atomic E-state index is 0.235. The first-order valence-electron chi connectivity index (χ1n) is 11.0. The van der Waals surface area contributed by atoms with Crippen molar-refractivity contribution in [3.05, 3.63) is 41.3 Å². The largest absolute Gasteiger partial charge is 0.375 e. The van der Waals surface area contributed by atoms with Gasteiger partial charge in [-0.25, -0.2) is 15.0 Å². The van der Waals surface area contributed by atoms with Crippen molar-refractivity contribution in [2.45, 2.75) is 52.7 Å². The molecule has 1 fully saturated rings. The Morgan fingerprint density at radius 1 is 1.13 bits per heavy atom. The summed E-state index contributed by atoms with van der Waals surface area (Å²) in [6.45, 7) is 11.0. The highest BCUT2D eigenvalue weighted by Crippen LogP contribution is 2.34. The molecule has 8 heteroatoms. The molecule has 1 unspecified atom stereocenters. The van der Waals surface area contributed by atoms with E-state index in [0.717, 1.165) is 55.4 Å². The molecule has 0 bridgehead atoms. The van der Waals surface area contributed by atoms with Crippen molar-refractivity contribution in [1.29, 1.82) is 0 Å². The average Bonchev–Trinajstić information content (AvgIpc) is 3.19. The summed E-state index contributed by atoms with van der Waals surface area (Å²) in [4.78, 5) is 16.4. The Hall–Kier alpha value is -3.00. The van der Waals surface area contributed by atoms with Crippen LogP contribution < -0.4 is 10.2 Å². The van der Waals surface area contributed by atoms with Gasteiger partial charge in [-0.3, -0.25) is 4.68 Å². The van der Waals surface area contributed by atoms with E-state index in [0.29, 0.717) is 5.95 Å². The zero-order chi connectivity index (χ0) is 21.5. The van der Waals surface area contributed by atoms with E-state index in [-0.39, 0.29) is 12.1 Å². The minimum absolute atomic E-state index is 0.235. The highest BCUT2D eigenvalue weighted by molar-refractivity contribution is 5.68. The predicted octanol–water partition coefficient (Wildman–Crippen LogP) is 3.69. The van der Waals surface area contributed by atoms with Crippen LogP contribution in [0, 0.1) is 6.92 Å². The Balaban J connectivity index is 1.41. The van der Waals surface area contributed by atoms with Crippen LogP contribution in [0.3, 0.4) is 0 Å². The number of morpholine rings is 1. The van der Waals surface area contributed by atoms with Gasteiger partial charge >= 0.3 is 0 Å². The molecule has 1 aliphatic carbocycles. The second kappa shape index (κ2) is 7.92. The zero-order valence-corrected chi connectivity index (χ0v) is 18.6. The van der Waals surface area contributed by atoms with E-state index >= 15 is 0 Å². The minimum Gasteiger partial charge on any atom is -0.375 e. The van der Waals surface area contributed by atoms with Crippen LogP contribution in [0.5, 0.6) is 0 Å².